The zero-order chi connectivity index (χ0) is 10.6. The van der Waals surface area contributed by atoms with Crippen LogP contribution in [0.5, 0.6) is 5.75 Å². The molecular formula is C11H16O3. The van der Waals surface area contributed by atoms with Gasteiger partial charge in [-0.15, -0.1) is 0 Å². The second kappa shape index (κ2) is 4.98. The lowest BCUT2D eigenvalue weighted by Crippen LogP contribution is -2.29. The molecule has 0 aliphatic heterocycles. The van der Waals surface area contributed by atoms with Crippen molar-refractivity contribution in [2.24, 2.45) is 0 Å². The maximum atomic E-state index is 9.27. The van der Waals surface area contributed by atoms with Crippen molar-refractivity contribution < 1.29 is 14.9 Å². The number of aliphatic hydroxyl groups is 2. The van der Waals surface area contributed by atoms with Crippen LogP contribution in [0.4, 0.5) is 0 Å². The highest BCUT2D eigenvalue weighted by Crippen LogP contribution is 2.11. The molecule has 2 atom stereocenters. The molecule has 0 aromatic heterocycles. The second-order valence-electron chi connectivity index (χ2n) is 3.43. The summed E-state index contributed by atoms with van der Waals surface area (Å²) in [5.41, 5.74) is 1.16. The van der Waals surface area contributed by atoms with Crippen LogP contribution < -0.4 is 4.74 Å². The molecule has 78 valence electrons. The minimum atomic E-state index is -0.837. The number of benzene rings is 1. The van der Waals surface area contributed by atoms with Crippen LogP contribution in [0, 0.1) is 6.92 Å². The van der Waals surface area contributed by atoms with E-state index in [0.717, 1.165) is 5.56 Å². The Balaban J connectivity index is 2.42. The van der Waals surface area contributed by atoms with Crippen molar-refractivity contribution in [3.8, 4) is 5.75 Å². The molecule has 0 saturated carbocycles. The van der Waals surface area contributed by atoms with E-state index in [1.54, 1.807) is 0 Å². The third kappa shape index (κ3) is 3.36. The SMILES string of the molecule is Cc1ccc(OCC(O)C(C)O)cc1. The zero-order valence-corrected chi connectivity index (χ0v) is 8.47. The van der Waals surface area contributed by atoms with E-state index in [0.29, 0.717) is 5.75 Å². The Kier molecular flexibility index (Phi) is 3.92. The standard InChI is InChI=1S/C11H16O3/c1-8-3-5-10(6-4-8)14-7-11(13)9(2)12/h3-6,9,11-13H,7H2,1-2H3. The van der Waals surface area contributed by atoms with E-state index < -0.39 is 12.2 Å². The molecule has 1 aromatic rings. The third-order valence-corrected chi connectivity index (χ3v) is 2.00. The largest absolute Gasteiger partial charge is 0.491 e. The van der Waals surface area contributed by atoms with E-state index in [9.17, 15) is 5.11 Å². The monoisotopic (exact) mass is 196 g/mol. The van der Waals surface area contributed by atoms with E-state index in [1.165, 1.54) is 6.92 Å². The van der Waals surface area contributed by atoms with E-state index in [2.05, 4.69) is 0 Å². The molecular weight excluding hydrogens is 180 g/mol. The van der Waals surface area contributed by atoms with Gasteiger partial charge in [-0.05, 0) is 26.0 Å². The van der Waals surface area contributed by atoms with E-state index in [1.807, 2.05) is 31.2 Å². The van der Waals surface area contributed by atoms with Gasteiger partial charge in [-0.25, -0.2) is 0 Å². The summed E-state index contributed by atoms with van der Waals surface area (Å²) in [5.74, 6) is 0.704. The number of hydrogen-bond acceptors (Lipinski definition) is 3. The van der Waals surface area contributed by atoms with Crippen molar-refractivity contribution in [3.63, 3.8) is 0 Å². The first kappa shape index (κ1) is 11.0. The van der Waals surface area contributed by atoms with Crippen molar-refractivity contribution in [1.82, 2.24) is 0 Å². The molecule has 0 amide bonds. The summed E-state index contributed by atoms with van der Waals surface area (Å²) < 4.78 is 5.27. The summed E-state index contributed by atoms with van der Waals surface area (Å²) in [4.78, 5) is 0. The maximum absolute atomic E-state index is 9.27. The van der Waals surface area contributed by atoms with Crippen molar-refractivity contribution in [2.45, 2.75) is 26.1 Å². The van der Waals surface area contributed by atoms with Gasteiger partial charge in [-0.3, -0.25) is 0 Å². The molecule has 1 aromatic carbocycles. The van der Waals surface area contributed by atoms with Gasteiger partial charge in [0.25, 0.3) is 0 Å². The van der Waals surface area contributed by atoms with Gasteiger partial charge in [0.1, 0.15) is 18.5 Å². The van der Waals surface area contributed by atoms with E-state index in [-0.39, 0.29) is 6.61 Å². The first-order valence-corrected chi connectivity index (χ1v) is 4.65. The molecule has 1 rings (SSSR count). The van der Waals surface area contributed by atoms with Crippen LogP contribution in [-0.4, -0.2) is 29.0 Å². The van der Waals surface area contributed by atoms with Crippen molar-refractivity contribution in [1.29, 1.82) is 0 Å². The van der Waals surface area contributed by atoms with Crippen LogP contribution in [0.15, 0.2) is 24.3 Å². The summed E-state index contributed by atoms with van der Waals surface area (Å²) in [7, 11) is 0. The smallest absolute Gasteiger partial charge is 0.119 e. The Morgan fingerprint density at radius 3 is 2.29 bits per heavy atom. The predicted molar refractivity (Wildman–Crippen MR) is 54.4 cm³/mol. The van der Waals surface area contributed by atoms with Crippen LogP contribution in [0.1, 0.15) is 12.5 Å². The Morgan fingerprint density at radius 1 is 1.21 bits per heavy atom. The molecule has 0 bridgehead atoms. The van der Waals surface area contributed by atoms with Gasteiger partial charge in [0.15, 0.2) is 0 Å². The lowest BCUT2D eigenvalue weighted by molar-refractivity contribution is 0.00227. The molecule has 0 radical (unpaired) electrons. The maximum Gasteiger partial charge on any atom is 0.119 e. The van der Waals surface area contributed by atoms with Crippen molar-refractivity contribution >= 4 is 0 Å². The summed E-state index contributed by atoms with van der Waals surface area (Å²) in [6.07, 6.45) is -1.60. The number of rotatable bonds is 4. The Labute approximate surface area is 84.0 Å². The Morgan fingerprint density at radius 2 is 1.79 bits per heavy atom. The van der Waals surface area contributed by atoms with Crippen LogP contribution >= 0.6 is 0 Å². The van der Waals surface area contributed by atoms with Gasteiger partial charge in [-0.2, -0.15) is 0 Å². The van der Waals surface area contributed by atoms with Crippen molar-refractivity contribution in [3.05, 3.63) is 29.8 Å². The molecule has 0 aliphatic rings. The van der Waals surface area contributed by atoms with Crippen molar-refractivity contribution in [2.75, 3.05) is 6.61 Å². The van der Waals surface area contributed by atoms with Crippen LogP contribution in [0.2, 0.25) is 0 Å². The lowest BCUT2D eigenvalue weighted by Gasteiger charge is -2.14. The highest BCUT2D eigenvalue weighted by atomic mass is 16.5. The highest BCUT2D eigenvalue weighted by Gasteiger charge is 2.10. The molecule has 2 N–H and O–H groups in total. The summed E-state index contributed by atoms with van der Waals surface area (Å²) in [6, 6.07) is 7.54. The lowest BCUT2D eigenvalue weighted by atomic mass is 10.2. The predicted octanol–water partition coefficient (Wildman–Crippen LogP) is 1.12. The van der Waals surface area contributed by atoms with Crippen LogP contribution in [0.25, 0.3) is 0 Å². The topological polar surface area (TPSA) is 49.7 Å². The average Bonchev–Trinajstić information content (AvgIpc) is 2.16. The molecule has 3 nitrogen and oxygen atoms in total. The van der Waals surface area contributed by atoms with E-state index >= 15 is 0 Å². The fraction of sp³-hybridized carbons (Fsp3) is 0.455. The summed E-state index contributed by atoms with van der Waals surface area (Å²) in [6.45, 7) is 3.64. The molecule has 0 heterocycles. The van der Waals surface area contributed by atoms with Gasteiger partial charge < -0.3 is 14.9 Å². The second-order valence-corrected chi connectivity index (χ2v) is 3.43. The Hall–Kier alpha value is -1.06. The molecule has 0 saturated heterocycles. The average molecular weight is 196 g/mol. The first-order valence-electron chi connectivity index (χ1n) is 4.65. The molecule has 2 unspecified atom stereocenters. The summed E-state index contributed by atoms with van der Waals surface area (Å²) >= 11 is 0. The van der Waals surface area contributed by atoms with Gasteiger partial charge in [0.2, 0.25) is 0 Å². The molecule has 14 heavy (non-hydrogen) atoms. The molecule has 3 heteroatoms. The fourth-order valence-corrected chi connectivity index (χ4v) is 0.955. The molecule has 0 aliphatic carbocycles. The number of aliphatic hydroxyl groups excluding tert-OH is 2. The zero-order valence-electron chi connectivity index (χ0n) is 8.47. The van der Waals surface area contributed by atoms with Gasteiger partial charge in [0, 0.05) is 0 Å². The van der Waals surface area contributed by atoms with E-state index in [4.69, 9.17) is 9.84 Å². The minimum absolute atomic E-state index is 0.112. The highest BCUT2D eigenvalue weighted by molar-refractivity contribution is 5.26. The number of aryl methyl sites for hydroxylation is 1. The molecule has 0 spiro atoms. The Bertz CT molecular complexity index is 266. The number of hydrogen-bond donors (Lipinski definition) is 2. The van der Waals surface area contributed by atoms with Gasteiger partial charge in [0.05, 0.1) is 6.10 Å². The minimum Gasteiger partial charge on any atom is -0.491 e. The van der Waals surface area contributed by atoms with Crippen LogP contribution in [0.3, 0.4) is 0 Å². The third-order valence-electron chi connectivity index (χ3n) is 2.00. The number of ether oxygens (including phenoxy) is 1. The normalized spacial score (nSPS) is 14.9. The molecule has 0 fully saturated rings. The van der Waals surface area contributed by atoms with Crippen LogP contribution in [-0.2, 0) is 0 Å². The van der Waals surface area contributed by atoms with Gasteiger partial charge >= 0.3 is 0 Å². The fourth-order valence-electron chi connectivity index (χ4n) is 0.955. The first-order chi connectivity index (χ1) is 6.59. The quantitative estimate of drug-likeness (QED) is 0.758. The van der Waals surface area contributed by atoms with Gasteiger partial charge in [-0.1, -0.05) is 17.7 Å². The summed E-state index contributed by atoms with van der Waals surface area (Å²) in [5, 5.41) is 18.3.